The van der Waals surface area contributed by atoms with E-state index >= 15 is 0 Å². The maximum Gasteiger partial charge on any atom is 0.255 e. The smallest absolute Gasteiger partial charge is 0.255 e. The summed E-state index contributed by atoms with van der Waals surface area (Å²) in [6, 6.07) is 4.77. The van der Waals surface area contributed by atoms with Gasteiger partial charge in [0.2, 0.25) is 5.91 Å². The molecule has 8 nitrogen and oxygen atoms in total. The summed E-state index contributed by atoms with van der Waals surface area (Å²) in [6.45, 7) is 0.524. The van der Waals surface area contributed by atoms with Crippen molar-refractivity contribution in [1.29, 1.82) is 0 Å². The van der Waals surface area contributed by atoms with Gasteiger partial charge < -0.3 is 20.5 Å². The second kappa shape index (κ2) is 11.0. The van der Waals surface area contributed by atoms with Crippen molar-refractivity contribution >= 4 is 38.9 Å². The van der Waals surface area contributed by atoms with Crippen molar-refractivity contribution in [2.75, 3.05) is 18.5 Å². The quantitative estimate of drug-likeness (QED) is 0.413. The molecule has 3 N–H and O–H groups in total. The Morgan fingerprint density at radius 2 is 1.73 bits per heavy atom. The van der Waals surface area contributed by atoms with Crippen LogP contribution in [0.15, 0.2) is 35.2 Å². The molecule has 0 aromatic heterocycles. The zero-order valence-corrected chi connectivity index (χ0v) is 22.8. The number of hydrogen-bond donors (Lipinski definition) is 3. The van der Waals surface area contributed by atoms with Crippen LogP contribution in [-0.4, -0.2) is 55.4 Å². The molecule has 0 spiro atoms. The van der Waals surface area contributed by atoms with Gasteiger partial charge in [-0.1, -0.05) is 11.6 Å². The van der Waals surface area contributed by atoms with Crippen molar-refractivity contribution < 1.29 is 41.0 Å². The van der Waals surface area contributed by atoms with Gasteiger partial charge in [0.15, 0.2) is 27.3 Å². The molecule has 2 aromatic rings. The Kier molecular flexibility index (Phi) is 7.90. The SMILES string of the molecule is O=C(Nc1cc(F)c(F)c(F)c1)c1ccc(Cl)c(S(=O)(=O)C2CC3CC(C2)C3(O)CNC(=O)C2CCCCO2)c1. The van der Waals surface area contributed by atoms with Gasteiger partial charge in [-0.15, -0.1) is 0 Å². The molecule has 0 radical (unpaired) electrons. The third-order valence-electron chi connectivity index (χ3n) is 8.28. The van der Waals surface area contributed by atoms with E-state index in [4.69, 9.17) is 16.3 Å². The van der Waals surface area contributed by atoms with Crippen LogP contribution in [0.4, 0.5) is 18.9 Å². The highest BCUT2D eigenvalue weighted by molar-refractivity contribution is 7.92. The Bertz CT molecular complexity index is 1410. The second-order valence-electron chi connectivity index (χ2n) is 10.7. The second-order valence-corrected chi connectivity index (χ2v) is 13.3. The molecular formula is C27H28ClF3N2O6S. The van der Waals surface area contributed by atoms with Crippen LogP contribution in [0.1, 0.15) is 48.9 Å². The molecule has 4 fully saturated rings. The highest BCUT2D eigenvalue weighted by Gasteiger charge is 2.60. The van der Waals surface area contributed by atoms with Gasteiger partial charge in [0.25, 0.3) is 5.91 Å². The fourth-order valence-corrected chi connectivity index (χ4v) is 8.36. The van der Waals surface area contributed by atoms with Crippen LogP contribution in [0.25, 0.3) is 0 Å². The van der Waals surface area contributed by atoms with Crippen LogP contribution < -0.4 is 10.6 Å². The molecule has 216 valence electrons. The maximum absolute atomic E-state index is 13.6. The molecule has 1 heterocycles. The van der Waals surface area contributed by atoms with Gasteiger partial charge in [0.05, 0.1) is 20.8 Å². The molecule has 3 atom stereocenters. The number of sulfone groups is 1. The van der Waals surface area contributed by atoms with E-state index in [0.29, 0.717) is 31.6 Å². The van der Waals surface area contributed by atoms with Gasteiger partial charge in [-0.2, -0.15) is 0 Å². The standard InChI is InChI=1S/C27H28ClF3N2O6S/c28-19-5-4-14(25(34)33-17-11-20(29)24(31)21(30)12-17)7-23(19)40(37,38)18-9-15-8-16(10-18)27(15,36)13-32-26(35)22-3-1-2-6-39-22/h4-5,7,11-12,15-16,18,22,36H,1-3,6,8-10,13H2,(H,32,35)(H,33,34). The molecule has 1 aliphatic heterocycles. The summed E-state index contributed by atoms with van der Waals surface area (Å²) in [7, 11) is -4.04. The third kappa shape index (κ3) is 5.34. The van der Waals surface area contributed by atoms with Crippen LogP contribution in [0.3, 0.4) is 0 Å². The summed E-state index contributed by atoms with van der Waals surface area (Å²) in [4.78, 5) is 24.9. The number of hydrogen-bond acceptors (Lipinski definition) is 6. The van der Waals surface area contributed by atoms with Crippen LogP contribution in [0, 0.1) is 29.3 Å². The fraction of sp³-hybridized carbons (Fsp3) is 0.481. The van der Waals surface area contributed by atoms with Gasteiger partial charge in [0, 0.05) is 36.5 Å². The highest BCUT2D eigenvalue weighted by atomic mass is 35.5. The van der Waals surface area contributed by atoms with Crippen molar-refractivity contribution in [2.45, 2.75) is 60.4 Å². The first kappa shape index (κ1) is 28.8. The Balaban J connectivity index is 1.27. The number of nitrogens with one attached hydrogen (secondary N) is 2. The number of halogens is 4. The summed E-state index contributed by atoms with van der Waals surface area (Å²) in [6.07, 6.45) is 2.78. The maximum atomic E-state index is 13.6. The van der Waals surface area contributed by atoms with E-state index in [2.05, 4.69) is 10.6 Å². The molecular weight excluding hydrogens is 573 g/mol. The first-order valence-electron chi connectivity index (χ1n) is 13.0. The molecule has 40 heavy (non-hydrogen) atoms. The first-order chi connectivity index (χ1) is 18.9. The van der Waals surface area contributed by atoms with E-state index in [9.17, 15) is 36.3 Å². The molecule has 2 aromatic carbocycles. The Morgan fingerprint density at radius 3 is 2.35 bits per heavy atom. The van der Waals surface area contributed by atoms with E-state index in [1.807, 2.05) is 0 Å². The molecule has 3 aliphatic carbocycles. The van der Waals surface area contributed by atoms with Gasteiger partial charge >= 0.3 is 0 Å². The zero-order chi connectivity index (χ0) is 28.8. The number of carbonyl (C=O) groups is 2. The normalized spacial score (nSPS) is 27.9. The topological polar surface area (TPSA) is 122 Å². The van der Waals surface area contributed by atoms with Crippen molar-refractivity contribution in [2.24, 2.45) is 11.8 Å². The summed E-state index contributed by atoms with van der Waals surface area (Å²) < 4.78 is 73.0. The van der Waals surface area contributed by atoms with Crippen LogP contribution in [0.2, 0.25) is 5.02 Å². The largest absolute Gasteiger partial charge is 0.387 e. The molecule has 3 unspecified atom stereocenters. The number of benzene rings is 2. The van der Waals surface area contributed by atoms with Gasteiger partial charge in [0.1, 0.15) is 6.10 Å². The molecule has 6 rings (SSSR count). The number of aliphatic hydroxyl groups is 1. The lowest BCUT2D eigenvalue weighted by molar-refractivity contribution is -0.175. The molecule has 13 heteroatoms. The van der Waals surface area contributed by atoms with E-state index in [-0.39, 0.29) is 58.3 Å². The van der Waals surface area contributed by atoms with E-state index in [1.54, 1.807) is 0 Å². The monoisotopic (exact) mass is 600 g/mol. The van der Waals surface area contributed by atoms with E-state index < -0.39 is 50.2 Å². The summed E-state index contributed by atoms with van der Waals surface area (Å²) in [5, 5.41) is 15.3. The average molecular weight is 601 g/mol. The predicted octanol–water partition coefficient (Wildman–Crippen LogP) is 4.00. The molecule has 1 saturated heterocycles. The van der Waals surface area contributed by atoms with Crippen LogP contribution in [0.5, 0.6) is 0 Å². The third-order valence-corrected chi connectivity index (χ3v) is 10.9. The zero-order valence-electron chi connectivity index (χ0n) is 21.3. The van der Waals surface area contributed by atoms with Gasteiger partial charge in [-0.25, -0.2) is 21.6 Å². The number of carbonyl (C=O) groups excluding carboxylic acids is 2. The van der Waals surface area contributed by atoms with Crippen LogP contribution in [-0.2, 0) is 19.4 Å². The van der Waals surface area contributed by atoms with Crippen molar-refractivity contribution in [1.82, 2.24) is 5.32 Å². The summed E-state index contributed by atoms with van der Waals surface area (Å²) >= 11 is 6.23. The molecule has 4 aliphatic rings. The minimum atomic E-state index is -4.04. The predicted molar refractivity (Wildman–Crippen MR) is 139 cm³/mol. The molecule has 3 saturated carbocycles. The van der Waals surface area contributed by atoms with Crippen molar-refractivity contribution in [3.8, 4) is 0 Å². The summed E-state index contributed by atoms with van der Waals surface area (Å²) in [5.74, 6) is -6.54. The average Bonchev–Trinajstić information content (AvgIpc) is 2.94. The van der Waals surface area contributed by atoms with Gasteiger partial charge in [-0.3, -0.25) is 9.59 Å². The molecule has 2 amide bonds. The number of ether oxygens (including phenoxy) is 1. The highest BCUT2D eigenvalue weighted by Crippen LogP contribution is 2.55. The van der Waals surface area contributed by atoms with Crippen molar-refractivity contribution in [3.05, 3.63) is 58.4 Å². The Labute approximate surface area is 234 Å². The minimum Gasteiger partial charge on any atom is -0.387 e. The van der Waals surface area contributed by atoms with E-state index in [1.165, 1.54) is 12.1 Å². The lowest BCUT2D eigenvalue weighted by Gasteiger charge is -2.58. The number of fused-ring (bicyclic) bond motifs is 2. The van der Waals surface area contributed by atoms with Crippen LogP contribution >= 0.6 is 11.6 Å². The Hall–Kier alpha value is -2.67. The number of amides is 2. The number of anilines is 1. The first-order valence-corrected chi connectivity index (χ1v) is 14.9. The lowest BCUT2D eigenvalue weighted by Crippen LogP contribution is -2.66. The Morgan fingerprint density at radius 1 is 1.05 bits per heavy atom. The minimum absolute atomic E-state index is 0.00871. The van der Waals surface area contributed by atoms with Crippen molar-refractivity contribution in [3.63, 3.8) is 0 Å². The molecule has 2 bridgehead atoms. The lowest BCUT2D eigenvalue weighted by atomic mass is 9.53. The fourth-order valence-electron chi connectivity index (χ4n) is 5.96. The number of rotatable bonds is 7. The van der Waals surface area contributed by atoms with Gasteiger partial charge in [-0.05, 0) is 68.6 Å². The van der Waals surface area contributed by atoms with E-state index in [0.717, 1.165) is 18.9 Å². The summed E-state index contributed by atoms with van der Waals surface area (Å²) in [5.41, 5.74) is -1.71.